The third-order valence-corrected chi connectivity index (χ3v) is 3.42. The molecule has 1 aromatic rings. The molecule has 0 aromatic heterocycles. The Bertz CT molecular complexity index is 464. The Morgan fingerprint density at radius 1 is 1.37 bits per heavy atom. The topological polar surface area (TPSA) is 61.5 Å². The Hall–Kier alpha value is -1.62. The maximum absolute atomic E-state index is 13.1. The summed E-state index contributed by atoms with van der Waals surface area (Å²) in [5, 5.41) is 0. The predicted molar refractivity (Wildman–Crippen MR) is 69.3 cm³/mol. The van der Waals surface area contributed by atoms with Crippen molar-refractivity contribution in [2.75, 3.05) is 12.8 Å². The van der Waals surface area contributed by atoms with Crippen LogP contribution in [0.4, 0.5) is 10.1 Å². The fourth-order valence-electron chi connectivity index (χ4n) is 2.34. The number of nitrogen functional groups attached to an aromatic ring is 1. The SMILES string of the molecule is COC1CCCC(OC(=O)c2cc(F)ccc2N)C1. The summed E-state index contributed by atoms with van der Waals surface area (Å²) in [5.41, 5.74) is 5.97. The zero-order valence-electron chi connectivity index (χ0n) is 10.9. The second-order valence-corrected chi connectivity index (χ2v) is 4.78. The van der Waals surface area contributed by atoms with E-state index in [0.29, 0.717) is 6.42 Å². The van der Waals surface area contributed by atoms with E-state index in [1.54, 1.807) is 7.11 Å². The molecule has 4 nitrogen and oxygen atoms in total. The van der Waals surface area contributed by atoms with Gasteiger partial charge >= 0.3 is 5.97 Å². The summed E-state index contributed by atoms with van der Waals surface area (Å²) in [6.07, 6.45) is 3.35. The van der Waals surface area contributed by atoms with Crippen LogP contribution in [0.5, 0.6) is 0 Å². The molecule has 1 aliphatic rings. The Morgan fingerprint density at radius 2 is 2.11 bits per heavy atom. The average Bonchev–Trinajstić information content (AvgIpc) is 2.41. The van der Waals surface area contributed by atoms with Crippen LogP contribution in [0.2, 0.25) is 0 Å². The lowest BCUT2D eigenvalue weighted by molar-refractivity contribution is -0.0148. The molecular weight excluding hydrogens is 249 g/mol. The normalized spacial score (nSPS) is 23.1. The molecule has 0 bridgehead atoms. The van der Waals surface area contributed by atoms with Crippen LogP contribution in [-0.4, -0.2) is 25.3 Å². The largest absolute Gasteiger partial charge is 0.459 e. The third kappa shape index (κ3) is 3.44. The predicted octanol–water partition coefficient (Wildman–Crippen LogP) is 2.52. The second kappa shape index (κ2) is 6.02. The molecule has 0 spiro atoms. The summed E-state index contributed by atoms with van der Waals surface area (Å²) in [6, 6.07) is 3.69. The maximum atomic E-state index is 13.1. The van der Waals surface area contributed by atoms with Crippen LogP contribution in [0.25, 0.3) is 0 Å². The van der Waals surface area contributed by atoms with Gasteiger partial charge in [0, 0.05) is 19.2 Å². The number of ether oxygens (including phenoxy) is 2. The molecule has 5 heteroatoms. The van der Waals surface area contributed by atoms with Crippen molar-refractivity contribution in [3.8, 4) is 0 Å². The average molecular weight is 267 g/mol. The van der Waals surface area contributed by atoms with E-state index in [1.165, 1.54) is 12.1 Å². The molecule has 2 atom stereocenters. The first-order valence-corrected chi connectivity index (χ1v) is 6.39. The Morgan fingerprint density at radius 3 is 2.84 bits per heavy atom. The monoisotopic (exact) mass is 267 g/mol. The van der Waals surface area contributed by atoms with E-state index in [1.807, 2.05) is 0 Å². The van der Waals surface area contributed by atoms with Crippen LogP contribution < -0.4 is 5.73 Å². The van der Waals surface area contributed by atoms with Crippen molar-refractivity contribution in [1.29, 1.82) is 0 Å². The number of carbonyl (C=O) groups is 1. The molecule has 2 N–H and O–H groups in total. The molecule has 19 heavy (non-hydrogen) atoms. The van der Waals surface area contributed by atoms with E-state index in [-0.39, 0.29) is 23.5 Å². The highest BCUT2D eigenvalue weighted by molar-refractivity contribution is 5.95. The number of hydrogen-bond donors (Lipinski definition) is 1. The van der Waals surface area contributed by atoms with Gasteiger partial charge in [0.25, 0.3) is 0 Å². The van der Waals surface area contributed by atoms with E-state index >= 15 is 0 Å². The van der Waals surface area contributed by atoms with E-state index in [9.17, 15) is 9.18 Å². The van der Waals surface area contributed by atoms with Gasteiger partial charge in [0.1, 0.15) is 11.9 Å². The van der Waals surface area contributed by atoms with Gasteiger partial charge in [-0.3, -0.25) is 0 Å². The molecule has 2 unspecified atom stereocenters. The fraction of sp³-hybridized carbons (Fsp3) is 0.500. The van der Waals surface area contributed by atoms with Gasteiger partial charge in [-0.05, 0) is 37.5 Å². The Balaban J connectivity index is 2.02. The highest BCUT2D eigenvalue weighted by Gasteiger charge is 2.25. The summed E-state index contributed by atoms with van der Waals surface area (Å²) < 4.78 is 23.8. The molecule has 0 radical (unpaired) electrons. The number of esters is 1. The highest BCUT2D eigenvalue weighted by Crippen LogP contribution is 2.25. The number of carbonyl (C=O) groups excluding carboxylic acids is 1. The lowest BCUT2D eigenvalue weighted by Gasteiger charge is -2.28. The van der Waals surface area contributed by atoms with Gasteiger partial charge in [-0.15, -0.1) is 0 Å². The molecule has 1 aromatic carbocycles. The van der Waals surface area contributed by atoms with E-state index < -0.39 is 11.8 Å². The summed E-state index contributed by atoms with van der Waals surface area (Å²) in [7, 11) is 1.65. The molecule has 0 heterocycles. The quantitative estimate of drug-likeness (QED) is 0.675. The number of anilines is 1. The van der Waals surface area contributed by atoms with Gasteiger partial charge in [0.2, 0.25) is 0 Å². The van der Waals surface area contributed by atoms with Crippen molar-refractivity contribution in [2.24, 2.45) is 0 Å². The fourth-order valence-corrected chi connectivity index (χ4v) is 2.34. The summed E-state index contributed by atoms with van der Waals surface area (Å²) >= 11 is 0. The zero-order valence-corrected chi connectivity index (χ0v) is 10.9. The van der Waals surface area contributed by atoms with E-state index in [0.717, 1.165) is 25.3 Å². The molecule has 0 saturated heterocycles. The Labute approximate surface area is 111 Å². The standard InChI is InChI=1S/C14H18FNO3/c1-18-10-3-2-4-11(8-10)19-14(17)12-7-9(15)5-6-13(12)16/h5-7,10-11H,2-4,8,16H2,1H3. The van der Waals surface area contributed by atoms with Gasteiger partial charge in [-0.1, -0.05) is 0 Å². The molecule has 0 aliphatic heterocycles. The van der Waals surface area contributed by atoms with E-state index in [4.69, 9.17) is 15.2 Å². The minimum absolute atomic E-state index is 0.0829. The van der Waals surface area contributed by atoms with Crippen LogP contribution in [0, 0.1) is 5.82 Å². The van der Waals surface area contributed by atoms with Crippen LogP contribution in [0.3, 0.4) is 0 Å². The van der Waals surface area contributed by atoms with Crippen LogP contribution >= 0.6 is 0 Å². The summed E-state index contributed by atoms with van der Waals surface area (Å²) in [5.74, 6) is -1.07. The van der Waals surface area contributed by atoms with Crippen LogP contribution in [0.1, 0.15) is 36.0 Å². The minimum atomic E-state index is -0.571. The van der Waals surface area contributed by atoms with Gasteiger partial charge in [-0.2, -0.15) is 0 Å². The van der Waals surface area contributed by atoms with Gasteiger partial charge in [0.05, 0.1) is 11.7 Å². The minimum Gasteiger partial charge on any atom is -0.459 e. The molecule has 0 amide bonds. The van der Waals surface area contributed by atoms with Crippen molar-refractivity contribution in [2.45, 2.75) is 37.9 Å². The first kappa shape index (κ1) is 13.8. The number of benzene rings is 1. The number of methoxy groups -OCH3 is 1. The van der Waals surface area contributed by atoms with Crippen molar-refractivity contribution >= 4 is 11.7 Å². The third-order valence-electron chi connectivity index (χ3n) is 3.42. The molecular formula is C14H18FNO3. The van der Waals surface area contributed by atoms with E-state index in [2.05, 4.69) is 0 Å². The molecule has 1 saturated carbocycles. The number of nitrogens with two attached hydrogens (primary N) is 1. The van der Waals surface area contributed by atoms with Crippen molar-refractivity contribution in [3.05, 3.63) is 29.6 Å². The number of halogens is 1. The maximum Gasteiger partial charge on any atom is 0.340 e. The molecule has 2 rings (SSSR count). The first-order valence-electron chi connectivity index (χ1n) is 6.39. The van der Waals surface area contributed by atoms with Crippen molar-refractivity contribution < 1.29 is 18.7 Å². The number of hydrogen-bond acceptors (Lipinski definition) is 4. The van der Waals surface area contributed by atoms with Crippen molar-refractivity contribution in [1.82, 2.24) is 0 Å². The van der Waals surface area contributed by atoms with Crippen LogP contribution in [-0.2, 0) is 9.47 Å². The van der Waals surface area contributed by atoms with Crippen molar-refractivity contribution in [3.63, 3.8) is 0 Å². The smallest absolute Gasteiger partial charge is 0.340 e. The molecule has 1 aliphatic carbocycles. The highest BCUT2D eigenvalue weighted by atomic mass is 19.1. The van der Waals surface area contributed by atoms with Gasteiger partial charge in [0.15, 0.2) is 0 Å². The summed E-state index contributed by atoms with van der Waals surface area (Å²) in [6.45, 7) is 0. The summed E-state index contributed by atoms with van der Waals surface area (Å²) in [4.78, 5) is 12.0. The lowest BCUT2D eigenvalue weighted by atomic mass is 9.95. The second-order valence-electron chi connectivity index (χ2n) is 4.78. The molecule has 1 fully saturated rings. The molecule has 104 valence electrons. The first-order chi connectivity index (χ1) is 9.10. The zero-order chi connectivity index (χ0) is 13.8. The number of rotatable bonds is 3. The Kier molecular flexibility index (Phi) is 4.37. The van der Waals surface area contributed by atoms with Crippen LogP contribution in [0.15, 0.2) is 18.2 Å². The lowest BCUT2D eigenvalue weighted by Crippen LogP contribution is -2.29. The van der Waals surface area contributed by atoms with Gasteiger partial charge < -0.3 is 15.2 Å². The van der Waals surface area contributed by atoms with Gasteiger partial charge in [-0.25, -0.2) is 9.18 Å².